The first-order chi connectivity index (χ1) is 16.9. The van der Waals surface area contributed by atoms with E-state index in [1.165, 1.54) is 0 Å². The molecule has 3 aromatic rings. The van der Waals surface area contributed by atoms with Gasteiger partial charge >= 0.3 is 0 Å². The largest absolute Gasteiger partial charge is 0.483 e. The summed E-state index contributed by atoms with van der Waals surface area (Å²) < 4.78 is 6.03. The number of hydrogen-bond donors (Lipinski definition) is 1. The lowest BCUT2D eigenvalue weighted by Crippen LogP contribution is -2.51. The van der Waals surface area contributed by atoms with E-state index in [9.17, 15) is 9.59 Å². The SMILES string of the molecule is CCNC(=O)[C@H](Cc1ccccc1)N(Cc1ccccc1C)C(=O)COc1ccccc1C(C)C. The van der Waals surface area contributed by atoms with E-state index in [1.807, 2.05) is 92.7 Å². The lowest BCUT2D eigenvalue weighted by Gasteiger charge is -2.32. The van der Waals surface area contributed by atoms with E-state index in [0.29, 0.717) is 25.3 Å². The van der Waals surface area contributed by atoms with Crippen LogP contribution < -0.4 is 10.1 Å². The van der Waals surface area contributed by atoms with Crippen molar-refractivity contribution in [2.24, 2.45) is 0 Å². The van der Waals surface area contributed by atoms with Gasteiger partial charge in [0.15, 0.2) is 6.61 Å². The zero-order valence-electron chi connectivity index (χ0n) is 21.2. The van der Waals surface area contributed by atoms with Crippen molar-refractivity contribution < 1.29 is 14.3 Å². The van der Waals surface area contributed by atoms with Gasteiger partial charge in [-0.1, -0.05) is 86.6 Å². The van der Waals surface area contributed by atoms with Gasteiger partial charge in [-0.25, -0.2) is 0 Å². The fraction of sp³-hybridized carbons (Fsp3) is 0.333. The van der Waals surface area contributed by atoms with E-state index in [-0.39, 0.29) is 24.3 Å². The van der Waals surface area contributed by atoms with Crippen molar-refractivity contribution in [3.63, 3.8) is 0 Å². The molecule has 0 aromatic heterocycles. The molecular weight excluding hydrogens is 436 g/mol. The smallest absolute Gasteiger partial charge is 0.261 e. The summed E-state index contributed by atoms with van der Waals surface area (Å²) >= 11 is 0. The molecule has 0 fully saturated rings. The zero-order valence-corrected chi connectivity index (χ0v) is 21.2. The summed E-state index contributed by atoms with van der Waals surface area (Å²) in [6.45, 7) is 8.78. The fourth-order valence-corrected chi connectivity index (χ4v) is 4.13. The van der Waals surface area contributed by atoms with Crippen LogP contribution in [0.4, 0.5) is 0 Å². The van der Waals surface area contributed by atoms with Crippen LogP contribution in [-0.4, -0.2) is 35.9 Å². The molecular formula is C30H36N2O3. The number of aryl methyl sites for hydroxylation is 1. The molecule has 1 atom stereocenters. The summed E-state index contributed by atoms with van der Waals surface area (Å²) in [5, 5.41) is 2.93. The van der Waals surface area contributed by atoms with Crippen LogP contribution in [0.3, 0.4) is 0 Å². The van der Waals surface area contributed by atoms with Crippen molar-refractivity contribution in [1.82, 2.24) is 10.2 Å². The average Bonchev–Trinajstić information content (AvgIpc) is 2.86. The summed E-state index contributed by atoms with van der Waals surface area (Å²) in [5.41, 5.74) is 4.13. The van der Waals surface area contributed by atoms with Crippen molar-refractivity contribution >= 4 is 11.8 Å². The number of rotatable bonds is 11. The van der Waals surface area contributed by atoms with Crippen LogP contribution in [0.5, 0.6) is 5.75 Å². The molecule has 0 radical (unpaired) electrons. The highest BCUT2D eigenvalue weighted by atomic mass is 16.5. The maximum Gasteiger partial charge on any atom is 0.261 e. The number of amides is 2. The Morgan fingerprint density at radius 2 is 1.57 bits per heavy atom. The van der Waals surface area contributed by atoms with E-state index in [1.54, 1.807) is 4.90 Å². The van der Waals surface area contributed by atoms with Crippen LogP contribution in [0.2, 0.25) is 0 Å². The minimum Gasteiger partial charge on any atom is -0.483 e. The molecule has 0 aliphatic carbocycles. The van der Waals surface area contributed by atoms with Gasteiger partial charge in [-0.05, 0) is 48.1 Å². The van der Waals surface area contributed by atoms with Crippen molar-refractivity contribution in [3.8, 4) is 5.75 Å². The van der Waals surface area contributed by atoms with Gasteiger partial charge in [0.25, 0.3) is 5.91 Å². The van der Waals surface area contributed by atoms with E-state index < -0.39 is 6.04 Å². The summed E-state index contributed by atoms with van der Waals surface area (Å²) in [6.07, 6.45) is 0.423. The summed E-state index contributed by atoms with van der Waals surface area (Å²) in [6, 6.07) is 24.9. The third-order valence-electron chi connectivity index (χ3n) is 6.12. The Labute approximate surface area is 209 Å². The lowest BCUT2D eigenvalue weighted by atomic mass is 10.0. The highest BCUT2D eigenvalue weighted by Gasteiger charge is 2.30. The fourth-order valence-electron chi connectivity index (χ4n) is 4.13. The van der Waals surface area contributed by atoms with Crippen LogP contribution in [0.1, 0.15) is 48.9 Å². The molecule has 5 nitrogen and oxygen atoms in total. The predicted octanol–water partition coefficient (Wildman–Crippen LogP) is 5.27. The van der Waals surface area contributed by atoms with Gasteiger partial charge < -0.3 is 15.0 Å². The summed E-state index contributed by atoms with van der Waals surface area (Å²) in [4.78, 5) is 28.6. The van der Waals surface area contributed by atoms with Crippen molar-refractivity contribution in [3.05, 3.63) is 101 Å². The molecule has 3 rings (SSSR count). The minimum atomic E-state index is -0.659. The molecule has 0 bridgehead atoms. The molecule has 2 amide bonds. The number of nitrogens with zero attached hydrogens (tertiary/aromatic N) is 1. The molecule has 1 N–H and O–H groups in total. The molecule has 5 heteroatoms. The van der Waals surface area contributed by atoms with Gasteiger partial charge in [0, 0.05) is 19.5 Å². The first-order valence-corrected chi connectivity index (χ1v) is 12.3. The van der Waals surface area contributed by atoms with Gasteiger partial charge in [0.2, 0.25) is 5.91 Å². The number of benzene rings is 3. The summed E-state index contributed by atoms with van der Waals surface area (Å²) in [7, 11) is 0. The first-order valence-electron chi connectivity index (χ1n) is 12.3. The molecule has 0 saturated heterocycles. The Kier molecular flexibility index (Phi) is 9.47. The zero-order chi connectivity index (χ0) is 25.2. The average molecular weight is 473 g/mol. The van der Waals surface area contributed by atoms with Gasteiger partial charge in [-0.15, -0.1) is 0 Å². The monoisotopic (exact) mass is 472 g/mol. The topological polar surface area (TPSA) is 58.6 Å². The summed E-state index contributed by atoms with van der Waals surface area (Å²) in [5.74, 6) is 0.578. The van der Waals surface area contributed by atoms with E-state index in [4.69, 9.17) is 4.74 Å². The van der Waals surface area contributed by atoms with E-state index in [0.717, 1.165) is 22.3 Å². The van der Waals surface area contributed by atoms with Crippen LogP contribution in [0.15, 0.2) is 78.9 Å². The number of ether oxygens (including phenoxy) is 1. The normalized spacial score (nSPS) is 11.7. The van der Waals surface area contributed by atoms with Crippen LogP contribution >= 0.6 is 0 Å². The Balaban J connectivity index is 1.92. The molecule has 35 heavy (non-hydrogen) atoms. The molecule has 0 unspecified atom stereocenters. The highest BCUT2D eigenvalue weighted by Crippen LogP contribution is 2.26. The Morgan fingerprint density at radius 3 is 2.26 bits per heavy atom. The number of carbonyl (C=O) groups excluding carboxylic acids is 2. The molecule has 0 heterocycles. The van der Waals surface area contributed by atoms with Crippen molar-refractivity contribution in [2.45, 2.75) is 52.6 Å². The Bertz CT molecular complexity index is 1110. The van der Waals surface area contributed by atoms with Crippen LogP contribution in [0.25, 0.3) is 0 Å². The molecule has 0 aliphatic heterocycles. The number of likely N-dealkylation sites (N-methyl/N-ethyl adjacent to an activating group) is 1. The van der Waals surface area contributed by atoms with Gasteiger partial charge in [0.05, 0.1) is 0 Å². The van der Waals surface area contributed by atoms with Crippen LogP contribution in [0, 0.1) is 6.92 Å². The maximum atomic E-state index is 13.7. The quantitative estimate of drug-likeness (QED) is 0.413. The van der Waals surface area contributed by atoms with E-state index in [2.05, 4.69) is 19.2 Å². The highest BCUT2D eigenvalue weighted by molar-refractivity contribution is 5.88. The van der Waals surface area contributed by atoms with Crippen LogP contribution in [-0.2, 0) is 22.6 Å². The second kappa shape index (κ2) is 12.7. The van der Waals surface area contributed by atoms with Crippen molar-refractivity contribution in [1.29, 1.82) is 0 Å². The van der Waals surface area contributed by atoms with Gasteiger partial charge in [0.1, 0.15) is 11.8 Å². The molecule has 0 aliphatic rings. The first kappa shape index (κ1) is 26.0. The number of nitrogens with one attached hydrogen (secondary N) is 1. The molecule has 0 saturated carbocycles. The minimum absolute atomic E-state index is 0.139. The molecule has 0 spiro atoms. The Morgan fingerprint density at radius 1 is 0.914 bits per heavy atom. The van der Waals surface area contributed by atoms with Gasteiger partial charge in [-0.2, -0.15) is 0 Å². The third-order valence-corrected chi connectivity index (χ3v) is 6.12. The van der Waals surface area contributed by atoms with E-state index >= 15 is 0 Å². The number of hydrogen-bond acceptors (Lipinski definition) is 3. The number of carbonyl (C=O) groups is 2. The van der Waals surface area contributed by atoms with Crippen molar-refractivity contribution in [2.75, 3.05) is 13.2 Å². The second-order valence-electron chi connectivity index (χ2n) is 9.03. The molecule has 3 aromatic carbocycles. The van der Waals surface area contributed by atoms with Gasteiger partial charge in [-0.3, -0.25) is 9.59 Å². The number of para-hydroxylation sites is 1. The predicted molar refractivity (Wildman–Crippen MR) is 140 cm³/mol. The molecule has 184 valence electrons. The Hall–Kier alpha value is -3.60. The standard InChI is InChI=1S/C30H36N2O3/c1-5-31-30(34)27(19-24-14-7-6-8-15-24)32(20-25-16-10-9-13-23(25)4)29(33)21-35-28-18-12-11-17-26(28)22(2)3/h6-18,22,27H,5,19-21H2,1-4H3,(H,31,34)/t27-/m0/s1. The maximum absolute atomic E-state index is 13.7. The third kappa shape index (κ3) is 7.19. The second-order valence-corrected chi connectivity index (χ2v) is 9.03. The lowest BCUT2D eigenvalue weighted by molar-refractivity contribution is -0.142.